The predicted molar refractivity (Wildman–Crippen MR) is 101 cm³/mol. The van der Waals surface area contributed by atoms with Crippen LogP contribution >= 0.6 is 27.5 Å². The van der Waals surface area contributed by atoms with Gasteiger partial charge in [-0.1, -0.05) is 27.5 Å². The van der Waals surface area contributed by atoms with Gasteiger partial charge in [0.2, 0.25) is 0 Å². The van der Waals surface area contributed by atoms with Crippen molar-refractivity contribution in [1.29, 1.82) is 0 Å². The molecule has 0 fully saturated rings. The van der Waals surface area contributed by atoms with E-state index in [9.17, 15) is 4.79 Å². The van der Waals surface area contributed by atoms with Gasteiger partial charge in [-0.2, -0.15) is 5.10 Å². The number of benzene rings is 1. The molecule has 3 aromatic rings. The Kier molecular flexibility index (Phi) is 5.68. The molecule has 2 heterocycles. The summed E-state index contributed by atoms with van der Waals surface area (Å²) < 4.78 is 13.8. The lowest BCUT2D eigenvalue weighted by molar-refractivity contribution is 0.0918. The molecule has 6 nitrogen and oxygen atoms in total. The lowest BCUT2D eigenvalue weighted by Gasteiger charge is -2.06. The number of halogens is 2. The Labute approximate surface area is 164 Å². The first-order chi connectivity index (χ1) is 12.4. The van der Waals surface area contributed by atoms with Gasteiger partial charge >= 0.3 is 0 Å². The van der Waals surface area contributed by atoms with Crippen LogP contribution in [-0.2, 0) is 20.2 Å². The van der Waals surface area contributed by atoms with E-state index in [1.54, 1.807) is 28.9 Å². The average Bonchev–Trinajstić information content (AvgIpc) is 3.19. The smallest absolute Gasteiger partial charge is 0.287 e. The molecule has 0 radical (unpaired) electrons. The number of amides is 1. The van der Waals surface area contributed by atoms with E-state index in [1.165, 1.54) is 0 Å². The second-order valence-corrected chi connectivity index (χ2v) is 7.04. The number of ether oxygens (including phenoxy) is 1. The number of nitrogens with zero attached hydrogens (tertiary/aromatic N) is 2. The summed E-state index contributed by atoms with van der Waals surface area (Å²) in [5, 5.41) is 7.57. The van der Waals surface area contributed by atoms with E-state index in [1.807, 2.05) is 26.1 Å². The number of carbonyl (C=O) groups is 1. The molecule has 8 heteroatoms. The molecule has 26 heavy (non-hydrogen) atoms. The molecule has 0 unspecified atom stereocenters. The zero-order chi connectivity index (χ0) is 18.7. The lowest BCUT2D eigenvalue weighted by Crippen LogP contribution is -2.22. The van der Waals surface area contributed by atoms with Crippen LogP contribution in [0, 0.1) is 6.92 Å². The van der Waals surface area contributed by atoms with Crippen molar-refractivity contribution in [3.05, 3.63) is 68.8 Å². The molecule has 136 valence electrons. The second-order valence-electron chi connectivity index (χ2n) is 5.71. The lowest BCUT2D eigenvalue weighted by atomic mass is 10.3. The Balaban J connectivity index is 1.55. The van der Waals surface area contributed by atoms with Crippen LogP contribution in [-0.4, -0.2) is 15.7 Å². The van der Waals surface area contributed by atoms with Crippen LogP contribution in [0.2, 0.25) is 5.02 Å². The summed E-state index contributed by atoms with van der Waals surface area (Å²) in [6.07, 6.45) is 0. The van der Waals surface area contributed by atoms with Gasteiger partial charge in [0, 0.05) is 17.2 Å². The normalized spacial score (nSPS) is 10.8. The zero-order valence-corrected chi connectivity index (χ0v) is 16.6. The third kappa shape index (κ3) is 4.47. The van der Waals surface area contributed by atoms with E-state index in [4.69, 9.17) is 20.8 Å². The van der Waals surface area contributed by atoms with E-state index in [0.717, 1.165) is 15.9 Å². The first kappa shape index (κ1) is 18.5. The topological polar surface area (TPSA) is 69.3 Å². The standard InChI is InChI=1S/C18H17BrClN3O3/c1-11-7-13(22-23(11)2)9-21-18(24)17-6-4-14(26-17)10-25-16-5-3-12(19)8-15(16)20/h3-8H,9-10H2,1-2H3,(H,21,24). The molecule has 1 N–H and O–H groups in total. The van der Waals surface area contributed by atoms with Crippen LogP contribution in [0.4, 0.5) is 0 Å². The highest BCUT2D eigenvalue weighted by Gasteiger charge is 2.13. The monoisotopic (exact) mass is 437 g/mol. The maximum absolute atomic E-state index is 12.2. The third-order valence-electron chi connectivity index (χ3n) is 3.74. The Morgan fingerprint density at radius 2 is 2.15 bits per heavy atom. The number of rotatable bonds is 6. The molecule has 3 rings (SSSR count). The zero-order valence-electron chi connectivity index (χ0n) is 14.3. The number of carbonyl (C=O) groups excluding carboxylic acids is 1. The van der Waals surface area contributed by atoms with Crippen LogP contribution < -0.4 is 10.1 Å². The minimum atomic E-state index is -0.304. The Bertz CT molecular complexity index is 916. The highest BCUT2D eigenvalue weighted by Crippen LogP contribution is 2.28. The molecule has 0 saturated heterocycles. The number of hydrogen-bond donors (Lipinski definition) is 1. The number of hydrogen-bond acceptors (Lipinski definition) is 4. The molecular formula is C18H17BrClN3O3. The van der Waals surface area contributed by atoms with Gasteiger partial charge in [-0.15, -0.1) is 0 Å². The summed E-state index contributed by atoms with van der Waals surface area (Å²) in [6, 6.07) is 10.6. The Morgan fingerprint density at radius 3 is 2.85 bits per heavy atom. The summed E-state index contributed by atoms with van der Waals surface area (Å²) in [5.74, 6) is 0.991. The summed E-state index contributed by atoms with van der Waals surface area (Å²) in [5.41, 5.74) is 1.82. The largest absolute Gasteiger partial charge is 0.484 e. The minimum absolute atomic E-state index is 0.175. The molecule has 2 aromatic heterocycles. The van der Waals surface area contributed by atoms with Crippen LogP contribution in [0.1, 0.15) is 27.7 Å². The van der Waals surface area contributed by atoms with Crippen molar-refractivity contribution in [2.75, 3.05) is 0 Å². The molecule has 0 saturated carbocycles. The molecular weight excluding hydrogens is 422 g/mol. The quantitative estimate of drug-likeness (QED) is 0.625. The molecule has 0 aliphatic heterocycles. The first-order valence-corrected chi connectivity index (χ1v) is 9.04. The van der Waals surface area contributed by atoms with Gasteiger partial charge in [-0.3, -0.25) is 9.48 Å². The number of furan rings is 1. The van der Waals surface area contributed by atoms with Crippen LogP contribution in [0.25, 0.3) is 0 Å². The molecule has 1 amide bonds. The summed E-state index contributed by atoms with van der Waals surface area (Å²) in [7, 11) is 1.86. The maximum atomic E-state index is 12.2. The maximum Gasteiger partial charge on any atom is 0.287 e. The highest BCUT2D eigenvalue weighted by molar-refractivity contribution is 9.10. The van der Waals surface area contributed by atoms with Crippen LogP contribution in [0.15, 0.2) is 45.3 Å². The molecule has 0 bridgehead atoms. The number of nitrogens with one attached hydrogen (secondary N) is 1. The molecule has 0 atom stereocenters. The fourth-order valence-electron chi connectivity index (χ4n) is 2.30. The molecule has 0 aliphatic rings. The van der Waals surface area contributed by atoms with Gasteiger partial charge in [-0.05, 0) is 43.3 Å². The van der Waals surface area contributed by atoms with Crippen molar-refractivity contribution in [3.63, 3.8) is 0 Å². The van der Waals surface area contributed by atoms with E-state index in [-0.39, 0.29) is 18.3 Å². The van der Waals surface area contributed by atoms with Crippen molar-refractivity contribution >= 4 is 33.4 Å². The first-order valence-electron chi connectivity index (χ1n) is 7.86. The van der Waals surface area contributed by atoms with Gasteiger partial charge in [0.05, 0.1) is 17.3 Å². The molecule has 0 spiro atoms. The van der Waals surface area contributed by atoms with Crippen molar-refractivity contribution in [2.45, 2.75) is 20.1 Å². The summed E-state index contributed by atoms with van der Waals surface area (Å²) in [4.78, 5) is 12.2. The van der Waals surface area contributed by atoms with Crippen molar-refractivity contribution in [1.82, 2.24) is 15.1 Å². The van der Waals surface area contributed by atoms with Gasteiger partial charge in [0.15, 0.2) is 5.76 Å². The van der Waals surface area contributed by atoms with Gasteiger partial charge in [0.1, 0.15) is 18.1 Å². The molecule has 1 aromatic carbocycles. The fraction of sp³-hybridized carbons (Fsp3) is 0.222. The second kappa shape index (κ2) is 7.97. The van der Waals surface area contributed by atoms with E-state index in [0.29, 0.717) is 23.1 Å². The average molecular weight is 439 g/mol. The van der Waals surface area contributed by atoms with Gasteiger partial charge < -0.3 is 14.5 Å². The highest BCUT2D eigenvalue weighted by atomic mass is 79.9. The fourth-order valence-corrected chi connectivity index (χ4v) is 3.03. The van der Waals surface area contributed by atoms with Crippen LogP contribution in [0.3, 0.4) is 0 Å². The SMILES string of the molecule is Cc1cc(CNC(=O)c2ccc(COc3ccc(Br)cc3Cl)o2)nn1C. The van der Waals surface area contributed by atoms with E-state index < -0.39 is 0 Å². The van der Waals surface area contributed by atoms with Crippen molar-refractivity contribution in [2.24, 2.45) is 7.05 Å². The van der Waals surface area contributed by atoms with Gasteiger partial charge in [-0.25, -0.2) is 0 Å². The summed E-state index contributed by atoms with van der Waals surface area (Å²) in [6.45, 7) is 2.46. The van der Waals surface area contributed by atoms with Crippen molar-refractivity contribution in [3.8, 4) is 5.75 Å². The van der Waals surface area contributed by atoms with Gasteiger partial charge in [0.25, 0.3) is 5.91 Å². The Morgan fingerprint density at radius 1 is 1.35 bits per heavy atom. The van der Waals surface area contributed by atoms with E-state index in [2.05, 4.69) is 26.3 Å². The number of aryl methyl sites for hydroxylation is 2. The third-order valence-corrected chi connectivity index (χ3v) is 4.53. The molecule has 0 aliphatic carbocycles. The summed E-state index contributed by atoms with van der Waals surface area (Å²) >= 11 is 9.45. The van der Waals surface area contributed by atoms with Crippen LogP contribution in [0.5, 0.6) is 5.75 Å². The Hall–Kier alpha value is -2.25. The minimum Gasteiger partial charge on any atom is -0.484 e. The van der Waals surface area contributed by atoms with Crippen molar-refractivity contribution < 1.29 is 13.9 Å². The number of aromatic nitrogens is 2. The predicted octanol–water partition coefficient (Wildman–Crippen LogP) is 4.25. The van der Waals surface area contributed by atoms with E-state index >= 15 is 0 Å².